The highest BCUT2D eigenvalue weighted by molar-refractivity contribution is 5.73. The summed E-state index contributed by atoms with van der Waals surface area (Å²) in [6, 6.07) is -0.487. The lowest BCUT2D eigenvalue weighted by molar-refractivity contribution is -0.144. The molecule has 0 atom stereocenters. The molecule has 6 heteroatoms. The third kappa shape index (κ3) is 5.55. The van der Waals surface area contributed by atoms with E-state index in [9.17, 15) is 9.59 Å². The van der Waals surface area contributed by atoms with Crippen LogP contribution >= 0.6 is 0 Å². The first-order valence-corrected chi connectivity index (χ1v) is 5.56. The summed E-state index contributed by atoms with van der Waals surface area (Å²) in [5.74, 6) is -0.397. The zero-order valence-corrected chi connectivity index (χ0v) is 9.20. The molecule has 1 aliphatic carbocycles. The Kier molecular flexibility index (Phi) is 5.63. The first-order chi connectivity index (χ1) is 7.68. The van der Waals surface area contributed by atoms with E-state index in [2.05, 4.69) is 10.2 Å². The van der Waals surface area contributed by atoms with Gasteiger partial charge in [-0.05, 0) is 12.3 Å². The summed E-state index contributed by atoms with van der Waals surface area (Å²) < 4.78 is 0. The topological polar surface area (TPSA) is 87.7 Å². The summed E-state index contributed by atoms with van der Waals surface area (Å²) in [5.41, 5.74) is 2.01. The van der Waals surface area contributed by atoms with Gasteiger partial charge in [0.05, 0.1) is 0 Å². The van der Waals surface area contributed by atoms with E-state index in [-0.39, 0.29) is 0 Å². The molecule has 2 amide bonds. The fourth-order valence-electron chi connectivity index (χ4n) is 1.89. The van der Waals surface area contributed by atoms with Crippen molar-refractivity contribution in [2.24, 2.45) is 5.92 Å². The lowest BCUT2D eigenvalue weighted by Gasteiger charge is -2.10. The van der Waals surface area contributed by atoms with E-state index in [1.165, 1.54) is 25.7 Å². The summed E-state index contributed by atoms with van der Waals surface area (Å²) in [5, 5.41) is 10.9. The van der Waals surface area contributed by atoms with E-state index in [0.29, 0.717) is 6.54 Å². The molecule has 1 saturated carbocycles. The maximum atomic E-state index is 11.1. The van der Waals surface area contributed by atoms with Crippen molar-refractivity contribution in [1.82, 2.24) is 10.8 Å². The number of hydrogen-bond acceptors (Lipinski definition) is 3. The maximum Gasteiger partial charge on any atom is 0.338 e. The molecule has 0 spiro atoms. The van der Waals surface area contributed by atoms with Crippen LogP contribution in [0.4, 0.5) is 4.79 Å². The number of carboxylic acid groups (broad SMARTS) is 1. The van der Waals surface area contributed by atoms with Gasteiger partial charge < -0.3 is 10.4 Å². The van der Waals surface area contributed by atoms with Gasteiger partial charge in [0, 0.05) is 6.54 Å². The molecule has 92 valence electrons. The van der Waals surface area contributed by atoms with Crippen LogP contribution in [0.25, 0.3) is 0 Å². The first kappa shape index (κ1) is 12.8. The Morgan fingerprint density at radius 1 is 1.31 bits per heavy atom. The molecule has 0 unspecified atom stereocenters. The molecule has 0 bridgehead atoms. The van der Waals surface area contributed by atoms with Crippen LogP contribution in [-0.2, 0) is 9.63 Å². The van der Waals surface area contributed by atoms with E-state index in [0.717, 1.165) is 12.3 Å². The highest BCUT2D eigenvalue weighted by Gasteiger charge is 2.14. The minimum atomic E-state index is -1.12. The van der Waals surface area contributed by atoms with Crippen molar-refractivity contribution < 1.29 is 19.5 Å². The van der Waals surface area contributed by atoms with Gasteiger partial charge in [-0.3, -0.25) is 4.84 Å². The smallest absolute Gasteiger partial charge is 0.338 e. The van der Waals surface area contributed by atoms with Crippen molar-refractivity contribution in [2.45, 2.75) is 32.1 Å². The predicted octanol–water partition coefficient (Wildman–Crippen LogP) is 0.882. The molecule has 0 aromatic rings. The Balaban J connectivity index is 1.95. The number of rotatable bonds is 6. The number of carbonyl (C=O) groups is 2. The minimum Gasteiger partial charge on any atom is -0.479 e. The number of aliphatic carboxylic acids is 1. The first-order valence-electron chi connectivity index (χ1n) is 5.56. The van der Waals surface area contributed by atoms with Crippen LogP contribution in [-0.4, -0.2) is 30.3 Å². The van der Waals surface area contributed by atoms with Crippen molar-refractivity contribution in [2.75, 3.05) is 13.2 Å². The van der Waals surface area contributed by atoms with Gasteiger partial charge in [0.15, 0.2) is 6.61 Å². The Bertz CT molecular complexity index is 239. The second-order valence-electron chi connectivity index (χ2n) is 3.98. The molecule has 1 rings (SSSR count). The van der Waals surface area contributed by atoms with Gasteiger partial charge in [0.1, 0.15) is 0 Å². The highest BCUT2D eigenvalue weighted by Crippen LogP contribution is 2.26. The predicted molar refractivity (Wildman–Crippen MR) is 56.7 cm³/mol. The fourth-order valence-corrected chi connectivity index (χ4v) is 1.89. The molecule has 0 aliphatic heterocycles. The van der Waals surface area contributed by atoms with Crippen molar-refractivity contribution in [3.63, 3.8) is 0 Å². The van der Waals surface area contributed by atoms with Gasteiger partial charge in [-0.15, -0.1) is 0 Å². The molecule has 3 N–H and O–H groups in total. The molecule has 0 saturated heterocycles. The van der Waals surface area contributed by atoms with Crippen LogP contribution in [0.2, 0.25) is 0 Å². The number of urea groups is 1. The number of amides is 2. The molecule has 1 aliphatic rings. The normalized spacial score (nSPS) is 16.0. The Labute approximate surface area is 94.3 Å². The number of hydrogen-bond donors (Lipinski definition) is 3. The van der Waals surface area contributed by atoms with Gasteiger partial charge in [-0.2, -0.15) is 0 Å². The third-order valence-corrected chi connectivity index (χ3v) is 2.67. The van der Waals surface area contributed by atoms with Gasteiger partial charge >= 0.3 is 12.0 Å². The van der Waals surface area contributed by atoms with Crippen LogP contribution in [0.3, 0.4) is 0 Å². The van der Waals surface area contributed by atoms with E-state index in [4.69, 9.17) is 5.11 Å². The lowest BCUT2D eigenvalue weighted by Crippen LogP contribution is -2.37. The van der Waals surface area contributed by atoms with Gasteiger partial charge in [0.25, 0.3) is 0 Å². The van der Waals surface area contributed by atoms with Gasteiger partial charge in [-0.25, -0.2) is 15.1 Å². The summed E-state index contributed by atoms with van der Waals surface area (Å²) in [7, 11) is 0. The van der Waals surface area contributed by atoms with E-state index < -0.39 is 18.6 Å². The lowest BCUT2D eigenvalue weighted by atomic mass is 10.0. The molecule has 0 aromatic heterocycles. The van der Waals surface area contributed by atoms with Crippen LogP contribution < -0.4 is 10.8 Å². The largest absolute Gasteiger partial charge is 0.479 e. The fraction of sp³-hybridized carbons (Fsp3) is 0.800. The summed E-state index contributed by atoms with van der Waals surface area (Å²) in [6.45, 7) is 0.0724. The highest BCUT2D eigenvalue weighted by atomic mass is 16.7. The van der Waals surface area contributed by atoms with Crippen LogP contribution in [0.15, 0.2) is 0 Å². The van der Waals surface area contributed by atoms with Gasteiger partial charge in [0.2, 0.25) is 0 Å². The molecule has 0 heterocycles. The quantitative estimate of drug-likeness (QED) is 0.591. The van der Waals surface area contributed by atoms with Crippen LogP contribution in [0, 0.1) is 5.92 Å². The molecule has 0 radical (unpaired) electrons. The average molecular weight is 230 g/mol. The standard InChI is InChI=1S/C10H18N2O4/c13-9(14)7-16-12-10(15)11-6-5-8-3-1-2-4-8/h8H,1-7H2,(H,13,14)(H2,11,12,15). The van der Waals surface area contributed by atoms with Crippen molar-refractivity contribution in [3.8, 4) is 0 Å². The van der Waals surface area contributed by atoms with Crippen molar-refractivity contribution >= 4 is 12.0 Å². The molecular formula is C10H18N2O4. The van der Waals surface area contributed by atoms with E-state index in [1.54, 1.807) is 0 Å². The number of carboxylic acids is 1. The molecule has 6 nitrogen and oxygen atoms in total. The summed E-state index contributed by atoms with van der Waals surface area (Å²) in [6.07, 6.45) is 6.06. The Morgan fingerprint density at radius 3 is 2.62 bits per heavy atom. The SMILES string of the molecule is O=C(O)CONC(=O)NCCC1CCCC1. The zero-order valence-electron chi connectivity index (χ0n) is 9.20. The summed E-state index contributed by atoms with van der Waals surface area (Å²) in [4.78, 5) is 25.5. The second-order valence-corrected chi connectivity index (χ2v) is 3.98. The molecule has 0 aromatic carbocycles. The molecular weight excluding hydrogens is 212 g/mol. The number of nitrogens with one attached hydrogen (secondary N) is 2. The van der Waals surface area contributed by atoms with Crippen molar-refractivity contribution in [3.05, 3.63) is 0 Å². The van der Waals surface area contributed by atoms with E-state index in [1.807, 2.05) is 5.48 Å². The molecule has 1 fully saturated rings. The van der Waals surface area contributed by atoms with Crippen LogP contribution in [0.1, 0.15) is 32.1 Å². The third-order valence-electron chi connectivity index (χ3n) is 2.67. The molecule has 16 heavy (non-hydrogen) atoms. The monoisotopic (exact) mass is 230 g/mol. The Hall–Kier alpha value is -1.30. The number of hydroxylamine groups is 1. The summed E-state index contributed by atoms with van der Waals surface area (Å²) >= 11 is 0. The van der Waals surface area contributed by atoms with Crippen LogP contribution in [0.5, 0.6) is 0 Å². The second kappa shape index (κ2) is 7.05. The van der Waals surface area contributed by atoms with E-state index >= 15 is 0 Å². The number of carbonyl (C=O) groups excluding carboxylic acids is 1. The van der Waals surface area contributed by atoms with Gasteiger partial charge in [-0.1, -0.05) is 25.7 Å². The average Bonchev–Trinajstić information content (AvgIpc) is 2.70. The zero-order chi connectivity index (χ0) is 11.8. The Morgan fingerprint density at radius 2 is 2.00 bits per heavy atom. The minimum absolute atomic E-state index is 0.487. The maximum absolute atomic E-state index is 11.1. The van der Waals surface area contributed by atoms with Crippen molar-refractivity contribution in [1.29, 1.82) is 0 Å².